The third kappa shape index (κ3) is 2.24. The number of carboxylic acids is 1. The van der Waals surface area contributed by atoms with E-state index in [0.29, 0.717) is 5.92 Å². The Morgan fingerprint density at radius 1 is 1.42 bits per heavy atom. The van der Waals surface area contributed by atoms with Crippen LogP contribution in [0, 0.1) is 0 Å². The van der Waals surface area contributed by atoms with E-state index in [1.165, 1.54) is 18.4 Å². The second kappa shape index (κ2) is 4.38. The summed E-state index contributed by atoms with van der Waals surface area (Å²) >= 11 is 6.29. The Kier molecular flexibility index (Phi) is 2.82. The van der Waals surface area contributed by atoms with Gasteiger partial charge in [0.2, 0.25) is 0 Å². The first kappa shape index (κ1) is 12.2. The predicted molar refractivity (Wildman–Crippen MR) is 72.6 cm³/mol. The summed E-state index contributed by atoms with van der Waals surface area (Å²) in [6.07, 6.45) is 2.40. The molecule has 98 valence electrons. The van der Waals surface area contributed by atoms with Crippen LogP contribution in [0.1, 0.15) is 34.8 Å². The molecule has 1 aromatic heterocycles. The van der Waals surface area contributed by atoms with Crippen LogP contribution in [0.15, 0.2) is 24.3 Å². The minimum Gasteiger partial charge on any atom is -0.476 e. The number of halogens is 1. The summed E-state index contributed by atoms with van der Waals surface area (Å²) < 4.78 is 1.56. The molecule has 1 N–H and O–H groups in total. The van der Waals surface area contributed by atoms with Gasteiger partial charge >= 0.3 is 5.97 Å². The summed E-state index contributed by atoms with van der Waals surface area (Å²) in [5, 5.41) is 13.7. The Morgan fingerprint density at radius 3 is 2.68 bits per heavy atom. The van der Waals surface area contributed by atoms with Crippen molar-refractivity contribution in [2.75, 3.05) is 0 Å². The monoisotopic (exact) mass is 276 g/mol. The molecule has 0 bridgehead atoms. The summed E-state index contributed by atoms with van der Waals surface area (Å²) in [6.45, 7) is 0. The molecular weight excluding hydrogens is 264 g/mol. The van der Waals surface area contributed by atoms with E-state index >= 15 is 0 Å². The Labute approximate surface area is 115 Å². The highest BCUT2D eigenvalue weighted by atomic mass is 35.5. The molecule has 4 nitrogen and oxygen atoms in total. The number of carbonyl (C=O) groups is 1. The summed E-state index contributed by atoms with van der Waals surface area (Å²) in [5.41, 5.74) is 2.87. The van der Waals surface area contributed by atoms with Crippen LogP contribution in [-0.4, -0.2) is 20.9 Å². The molecule has 0 saturated heterocycles. The standard InChI is InChI=1S/C14H13ClN2O2/c1-17-13(7-12(16-17)14(18)19)9-4-5-10(8-2-3-8)11(15)6-9/h4-8H,2-3H2,1H3,(H,18,19). The van der Waals surface area contributed by atoms with Gasteiger partial charge in [-0.3, -0.25) is 4.68 Å². The number of aromatic carboxylic acids is 1. The summed E-state index contributed by atoms with van der Waals surface area (Å²) in [6, 6.07) is 7.45. The molecule has 1 aliphatic carbocycles. The molecule has 5 heteroatoms. The van der Waals surface area contributed by atoms with E-state index in [1.54, 1.807) is 17.8 Å². The second-order valence-corrected chi connectivity index (χ2v) is 5.26. The van der Waals surface area contributed by atoms with Crippen molar-refractivity contribution in [1.82, 2.24) is 9.78 Å². The van der Waals surface area contributed by atoms with Crippen molar-refractivity contribution >= 4 is 17.6 Å². The second-order valence-electron chi connectivity index (χ2n) is 4.85. The number of benzene rings is 1. The van der Waals surface area contributed by atoms with Crippen molar-refractivity contribution in [2.45, 2.75) is 18.8 Å². The van der Waals surface area contributed by atoms with Gasteiger partial charge in [0, 0.05) is 17.6 Å². The van der Waals surface area contributed by atoms with Gasteiger partial charge in [0.1, 0.15) is 0 Å². The molecule has 0 spiro atoms. The highest BCUT2D eigenvalue weighted by Gasteiger charge is 2.26. The SMILES string of the molecule is Cn1nc(C(=O)O)cc1-c1ccc(C2CC2)c(Cl)c1. The molecular formula is C14H13ClN2O2. The summed E-state index contributed by atoms with van der Waals surface area (Å²) in [4.78, 5) is 10.9. The smallest absolute Gasteiger partial charge is 0.356 e. The lowest BCUT2D eigenvalue weighted by Gasteiger charge is -2.06. The summed E-state index contributed by atoms with van der Waals surface area (Å²) in [5.74, 6) is -0.426. The summed E-state index contributed by atoms with van der Waals surface area (Å²) in [7, 11) is 1.73. The Balaban J connectivity index is 2.02. The van der Waals surface area contributed by atoms with Crippen molar-refractivity contribution in [3.8, 4) is 11.3 Å². The van der Waals surface area contributed by atoms with Gasteiger partial charge in [-0.25, -0.2) is 4.79 Å². The lowest BCUT2D eigenvalue weighted by molar-refractivity contribution is 0.0689. The van der Waals surface area contributed by atoms with E-state index in [-0.39, 0.29) is 5.69 Å². The fraction of sp³-hybridized carbons (Fsp3) is 0.286. The first-order chi connectivity index (χ1) is 9.06. The van der Waals surface area contributed by atoms with Gasteiger partial charge in [0.05, 0.1) is 5.69 Å². The molecule has 1 aliphatic rings. The molecule has 1 heterocycles. The Bertz CT molecular complexity index is 659. The van der Waals surface area contributed by atoms with E-state index < -0.39 is 5.97 Å². The molecule has 0 radical (unpaired) electrons. The third-order valence-corrected chi connectivity index (χ3v) is 3.74. The van der Waals surface area contributed by atoms with Crippen molar-refractivity contribution in [2.24, 2.45) is 7.05 Å². The zero-order chi connectivity index (χ0) is 13.6. The van der Waals surface area contributed by atoms with Gasteiger partial charge in [0.25, 0.3) is 0 Å². The molecule has 19 heavy (non-hydrogen) atoms. The molecule has 1 saturated carbocycles. The average molecular weight is 277 g/mol. The molecule has 0 amide bonds. The van der Waals surface area contributed by atoms with Gasteiger partial charge in [-0.1, -0.05) is 23.7 Å². The lowest BCUT2D eigenvalue weighted by Crippen LogP contribution is -1.99. The number of hydrogen-bond acceptors (Lipinski definition) is 2. The van der Waals surface area contributed by atoms with Crippen LogP contribution in [0.3, 0.4) is 0 Å². The van der Waals surface area contributed by atoms with Crippen LogP contribution >= 0.6 is 11.6 Å². The fourth-order valence-electron chi connectivity index (χ4n) is 2.25. The zero-order valence-corrected chi connectivity index (χ0v) is 11.2. The maximum atomic E-state index is 10.9. The highest BCUT2D eigenvalue weighted by Crippen LogP contribution is 2.44. The maximum absolute atomic E-state index is 10.9. The molecule has 2 aromatic rings. The number of rotatable bonds is 3. The van der Waals surface area contributed by atoms with Crippen LogP contribution in [0.4, 0.5) is 0 Å². The average Bonchev–Trinajstić information content (AvgIpc) is 3.11. The normalized spacial score (nSPS) is 14.6. The van der Waals surface area contributed by atoms with E-state index in [4.69, 9.17) is 16.7 Å². The number of nitrogens with zero attached hydrogens (tertiary/aromatic N) is 2. The largest absolute Gasteiger partial charge is 0.476 e. The minimum absolute atomic E-state index is 0.0416. The van der Waals surface area contributed by atoms with Gasteiger partial charge < -0.3 is 5.11 Å². The first-order valence-electron chi connectivity index (χ1n) is 6.13. The Hall–Kier alpha value is -1.81. The Morgan fingerprint density at radius 2 is 2.16 bits per heavy atom. The molecule has 0 unspecified atom stereocenters. The molecule has 0 aliphatic heterocycles. The molecule has 1 aromatic carbocycles. The van der Waals surface area contributed by atoms with E-state index in [1.807, 2.05) is 18.2 Å². The fourth-order valence-corrected chi connectivity index (χ4v) is 2.59. The number of aryl methyl sites for hydroxylation is 1. The maximum Gasteiger partial charge on any atom is 0.356 e. The van der Waals surface area contributed by atoms with Crippen LogP contribution < -0.4 is 0 Å². The molecule has 0 atom stereocenters. The number of hydrogen-bond donors (Lipinski definition) is 1. The quantitative estimate of drug-likeness (QED) is 0.936. The van der Waals surface area contributed by atoms with E-state index in [2.05, 4.69) is 5.10 Å². The molecule has 1 fully saturated rings. The zero-order valence-electron chi connectivity index (χ0n) is 10.4. The van der Waals surface area contributed by atoms with Crippen molar-refractivity contribution < 1.29 is 9.90 Å². The minimum atomic E-state index is -1.03. The van der Waals surface area contributed by atoms with Gasteiger partial charge in [-0.05, 0) is 36.5 Å². The van der Waals surface area contributed by atoms with Gasteiger partial charge in [-0.2, -0.15) is 5.10 Å². The van der Waals surface area contributed by atoms with E-state index in [9.17, 15) is 4.79 Å². The van der Waals surface area contributed by atoms with Crippen LogP contribution in [-0.2, 0) is 7.05 Å². The third-order valence-electron chi connectivity index (χ3n) is 3.41. The van der Waals surface area contributed by atoms with Gasteiger partial charge in [-0.15, -0.1) is 0 Å². The first-order valence-corrected chi connectivity index (χ1v) is 6.51. The van der Waals surface area contributed by atoms with Gasteiger partial charge in [0.15, 0.2) is 5.69 Å². The van der Waals surface area contributed by atoms with Crippen LogP contribution in [0.2, 0.25) is 5.02 Å². The van der Waals surface area contributed by atoms with Crippen molar-refractivity contribution in [3.63, 3.8) is 0 Å². The van der Waals surface area contributed by atoms with Crippen molar-refractivity contribution in [1.29, 1.82) is 0 Å². The van der Waals surface area contributed by atoms with Crippen LogP contribution in [0.5, 0.6) is 0 Å². The van der Waals surface area contributed by atoms with Crippen LogP contribution in [0.25, 0.3) is 11.3 Å². The highest BCUT2D eigenvalue weighted by molar-refractivity contribution is 6.31. The predicted octanol–water partition coefficient (Wildman–Crippen LogP) is 3.32. The van der Waals surface area contributed by atoms with E-state index in [0.717, 1.165) is 16.3 Å². The van der Waals surface area contributed by atoms with Crippen molar-refractivity contribution in [3.05, 3.63) is 40.5 Å². The number of carboxylic acid groups (broad SMARTS) is 1. The topological polar surface area (TPSA) is 55.1 Å². The molecule has 3 rings (SSSR count). The lowest BCUT2D eigenvalue weighted by atomic mass is 10.1. The number of aromatic nitrogens is 2.